The van der Waals surface area contributed by atoms with Gasteiger partial charge in [-0.1, -0.05) is 6.92 Å². The van der Waals surface area contributed by atoms with E-state index in [0.717, 1.165) is 19.4 Å². The second-order valence-corrected chi connectivity index (χ2v) is 5.03. The van der Waals surface area contributed by atoms with Gasteiger partial charge in [0.05, 0.1) is 12.9 Å². The van der Waals surface area contributed by atoms with E-state index in [2.05, 4.69) is 28.6 Å². The fourth-order valence-corrected chi connectivity index (χ4v) is 2.67. The van der Waals surface area contributed by atoms with Crippen molar-refractivity contribution in [3.8, 4) is 0 Å². The monoisotopic (exact) mass is 235 g/mol. The number of aromatic nitrogens is 2. The largest absolute Gasteiger partial charge is 0.330 e. The zero-order valence-electron chi connectivity index (χ0n) is 9.52. The summed E-state index contributed by atoms with van der Waals surface area (Å²) in [5.74, 6) is 0. The molecule has 0 bridgehead atoms. The number of aryl methyl sites for hydroxylation is 1. The molecule has 0 unspecified atom stereocenters. The molecule has 3 nitrogen and oxygen atoms in total. The summed E-state index contributed by atoms with van der Waals surface area (Å²) < 4.78 is 2.18. The van der Waals surface area contributed by atoms with Crippen LogP contribution in [0.3, 0.4) is 0 Å². The molecule has 2 aromatic heterocycles. The van der Waals surface area contributed by atoms with Gasteiger partial charge >= 0.3 is 0 Å². The molecule has 2 rings (SSSR count). The Labute approximate surface area is 99.9 Å². The van der Waals surface area contributed by atoms with Crippen molar-refractivity contribution in [3.05, 3.63) is 40.1 Å². The van der Waals surface area contributed by atoms with Gasteiger partial charge in [-0.2, -0.15) is 0 Å². The minimum absolute atomic E-state index is 0.677. The van der Waals surface area contributed by atoms with Crippen molar-refractivity contribution in [1.82, 2.24) is 9.55 Å². The summed E-state index contributed by atoms with van der Waals surface area (Å²) in [6.45, 7) is 3.78. The molecule has 0 fully saturated rings. The average Bonchev–Trinajstić information content (AvgIpc) is 2.90. The molecule has 0 atom stereocenters. The van der Waals surface area contributed by atoms with Crippen LogP contribution in [0.15, 0.2) is 24.7 Å². The lowest BCUT2D eigenvalue weighted by Gasteiger charge is -2.05. The predicted octanol–water partition coefficient (Wildman–Crippen LogP) is 2.06. The van der Waals surface area contributed by atoms with Gasteiger partial charge in [0.2, 0.25) is 0 Å². The van der Waals surface area contributed by atoms with Crippen molar-refractivity contribution >= 4 is 11.3 Å². The summed E-state index contributed by atoms with van der Waals surface area (Å²) in [6.07, 6.45) is 5.80. The normalized spacial score (nSPS) is 10.9. The van der Waals surface area contributed by atoms with Crippen molar-refractivity contribution in [2.24, 2.45) is 5.73 Å². The third-order valence-corrected chi connectivity index (χ3v) is 3.81. The van der Waals surface area contributed by atoms with Crippen molar-refractivity contribution in [2.45, 2.75) is 26.3 Å². The van der Waals surface area contributed by atoms with Gasteiger partial charge in [0, 0.05) is 28.1 Å². The number of nitrogens with zero attached hydrogens (tertiary/aromatic N) is 2. The Morgan fingerprint density at radius 3 is 2.88 bits per heavy atom. The van der Waals surface area contributed by atoms with Crippen LogP contribution in [-0.2, 0) is 19.4 Å². The maximum atomic E-state index is 5.57. The van der Waals surface area contributed by atoms with E-state index in [-0.39, 0.29) is 0 Å². The van der Waals surface area contributed by atoms with Gasteiger partial charge in [-0.15, -0.1) is 11.3 Å². The number of hydrogen-bond acceptors (Lipinski definition) is 3. The van der Waals surface area contributed by atoms with Gasteiger partial charge in [-0.05, 0) is 25.1 Å². The molecule has 0 saturated carbocycles. The van der Waals surface area contributed by atoms with Crippen LogP contribution in [0, 0.1) is 0 Å². The van der Waals surface area contributed by atoms with Gasteiger partial charge in [-0.3, -0.25) is 0 Å². The summed E-state index contributed by atoms with van der Waals surface area (Å²) in [5.41, 5.74) is 6.79. The molecular formula is C12H17N3S. The highest BCUT2D eigenvalue weighted by Crippen LogP contribution is 2.18. The van der Waals surface area contributed by atoms with E-state index in [1.807, 2.05) is 23.9 Å². The van der Waals surface area contributed by atoms with E-state index in [1.165, 1.54) is 15.4 Å². The summed E-state index contributed by atoms with van der Waals surface area (Å²) in [7, 11) is 0. The van der Waals surface area contributed by atoms with Gasteiger partial charge in [0.15, 0.2) is 0 Å². The Bertz CT molecular complexity index is 445. The fraction of sp³-hybridized carbons (Fsp3) is 0.417. The smallest absolute Gasteiger partial charge is 0.0951 e. The minimum Gasteiger partial charge on any atom is -0.330 e. The second-order valence-electron chi connectivity index (χ2n) is 3.77. The van der Waals surface area contributed by atoms with E-state index in [9.17, 15) is 0 Å². The van der Waals surface area contributed by atoms with Crippen LogP contribution < -0.4 is 5.73 Å². The van der Waals surface area contributed by atoms with E-state index in [4.69, 9.17) is 5.73 Å². The van der Waals surface area contributed by atoms with Crippen LogP contribution >= 0.6 is 11.3 Å². The van der Waals surface area contributed by atoms with Crippen LogP contribution in [-0.4, -0.2) is 16.1 Å². The maximum absolute atomic E-state index is 5.57. The molecule has 2 heterocycles. The first-order chi connectivity index (χ1) is 7.83. The molecule has 4 heteroatoms. The van der Waals surface area contributed by atoms with Gasteiger partial charge < -0.3 is 10.3 Å². The summed E-state index contributed by atoms with van der Waals surface area (Å²) in [6, 6.07) is 4.41. The van der Waals surface area contributed by atoms with E-state index >= 15 is 0 Å². The topological polar surface area (TPSA) is 43.8 Å². The molecule has 0 amide bonds. The number of rotatable bonds is 5. The third kappa shape index (κ3) is 2.51. The molecule has 0 aromatic carbocycles. The van der Waals surface area contributed by atoms with E-state index < -0.39 is 0 Å². The SMILES string of the molecule is CCc1ccc(Cn2cncc2CCN)s1. The summed E-state index contributed by atoms with van der Waals surface area (Å²) in [4.78, 5) is 7.00. The molecule has 0 saturated heterocycles. The first-order valence-corrected chi connectivity index (χ1v) is 6.41. The molecule has 16 heavy (non-hydrogen) atoms. The highest BCUT2D eigenvalue weighted by molar-refractivity contribution is 7.11. The first kappa shape index (κ1) is 11.4. The standard InChI is InChI=1S/C12H17N3S/c1-2-11-3-4-12(16-11)8-15-9-14-7-10(15)5-6-13/h3-4,7,9H,2,5-6,8,13H2,1H3. The molecular weight excluding hydrogens is 218 g/mol. The molecule has 0 aliphatic heterocycles. The molecule has 2 N–H and O–H groups in total. The van der Waals surface area contributed by atoms with Crippen LogP contribution in [0.25, 0.3) is 0 Å². The molecule has 86 valence electrons. The van der Waals surface area contributed by atoms with Gasteiger partial charge in [0.25, 0.3) is 0 Å². The lowest BCUT2D eigenvalue weighted by atomic mass is 10.3. The molecule has 0 aliphatic carbocycles. The number of imidazole rings is 1. The fourth-order valence-electron chi connectivity index (χ4n) is 1.71. The Kier molecular flexibility index (Phi) is 3.74. The van der Waals surface area contributed by atoms with Crippen molar-refractivity contribution in [2.75, 3.05) is 6.54 Å². The Hall–Kier alpha value is -1.13. The van der Waals surface area contributed by atoms with Crippen LogP contribution in [0.4, 0.5) is 0 Å². The lowest BCUT2D eigenvalue weighted by Crippen LogP contribution is -2.08. The molecule has 0 radical (unpaired) electrons. The van der Waals surface area contributed by atoms with E-state index in [0.29, 0.717) is 6.54 Å². The molecule has 2 aromatic rings. The lowest BCUT2D eigenvalue weighted by molar-refractivity contribution is 0.741. The van der Waals surface area contributed by atoms with Gasteiger partial charge in [0.1, 0.15) is 0 Å². The number of nitrogens with two attached hydrogens (primary N) is 1. The van der Waals surface area contributed by atoms with Crippen molar-refractivity contribution < 1.29 is 0 Å². The second kappa shape index (κ2) is 5.27. The Morgan fingerprint density at radius 1 is 1.38 bits per heavy atom. The molecule has 0 spiro atoms. The summed E-state index contributed by atoms with van der Waals surface area (Å²) >= 11 is 1.88. The molecule has 0 aliphatic rings. The predicted molar refractivity (Wildman–Crippen MR) is 67.8 cm³/mol. The summed E-state index contributed by atoms with van der Waals surface area (Å²) in [5, 5.41) is 0. The van der Waals surface area contributed by atoms with Crippen LogP contribution in [0.1, 0.15) is 22.4 Å². The van der Waals surface area contributed by atoms with Gasteiger partial charge in [-0.25, -0.2) is 4.98 Å². The number of thiophene rings is 1. The van der Waals surface area contributed by atoms with Crippen LogP contribution in [0.2, 0.25) is 0 Å². The quantitative estimate of drug-likeness (QED) is 0.862. The third-order valence-electron chi connectivity index (χ3n) is 2.59. The number of hydrogen-bond donors (Lipinski definition) is 1. The Morgan fingerprint density at radius 2 is 2.19 bits per heavy atom. The zero-order chi connectivity index (χ0) is 11.4. The van der Waals surface area contributed by atoms with E-state index in [1.54, 1.807) is 0 Å². The van der Waals surface area contributed by atoms with Crippen molar-refractivity contribution in [1.29, 1.82) is 0 Å². The Balaban J connectivity index is 2.10. The minimum atomic E-state index is 0.677. The highest BCUT2D eigenvalue weighted by atomic mass is 32.1. The first-order valence-electron chi connectivity index (χ1n) is 5.60. The highest BCUT2D eigenvalue weighted by Gasteiger charge is 2.04. The van der Waals surface area contributed by atoms with Crippen LogP contribution in [0.5, 0.6) is 0 Å². The maximum Gasteiger partial charge on any atom is 0.0951 e. The van der Waals surface area contributed by atoms with Crippen molar-refractivity contribution in [3.63, 3.8) is 0 Å². The average molecular weight is 235 g/mol. The zero-order valence-corrected chi connectivity index (χ0v) is 10.3.